The van der Waals surface area contributed by atoms with Gasteiger partial charge in [-0.3, -0.25) is 9.59 Å². The predicted molar refractivity (Wildman–Crippen MR) is 92.0 cm³/mol. The Bertz CT molecular complexity index is 408. The summed E-state index contributed by atoms with van der Waals surface area (Å²) in [6, 6.07) is 0. The van der Waals surface area contributed by atoms with Gasteiger partial charge in [-0.2, -0.15) is 0 Å². The highest BCUT2D eigenvalue weighted by atomic mass is 16.5. The Morgan fingerprint density at radius 3 is 1.68 bits per heavy atom. The molecule has 0 aliphatic heterocycles. The Hall–Kier alpha value is -1.63. The largest absolute Gasteiger partial charge is 0.479 e. The van der Waals surface area contributed by atoms with Crippen LogP contribution in [0.1, 0.15) is 78.1 Å². The smallest absolute Gasteiger partial charge is 0.336 e. The van der Waals surface area contributed by atoms with E-state index in [9.17, 15) is 19.5 Å². The van der Waals surface area contributed by atoms with Crippen LogP contribution in [0.4, 0.5) is 0 Å². The zero-order valence-electron chi connectivity index (χ0n) is 15.4. The van der Waals surface area contributed by atoms with Crippen LogP contribution in [-0.2, 0) is 23.9 Å². The molecule has 0 radical (unpaired) electrons. The second kappa shape index (κ2) is 13.6. The van der Waals surface area contributed by atoms with Gasteiger partial charge < -0.3 is 19.7 Å². The fourth-order valence-electron chi connectivity index (χ4n) is 2.19. The van der Waals surface area contributed by atoms with Gasteiger partial charge in [0.05, 0.1) is 26.1 Å². The molecule has 0 aromatic rings. The van der Waals surface area contributed by atoms with Gasteiger partial charge in [0.15, 0.2) is 5.60 Å². The third kappa shape index (κ3) is 11.5. The molecule has 0 aliphatic rings. The second-order valence-electron chi connectivity index (χ2n) is 6.25. The van der Waals surface area contributed by atoms with Crippen molar-refractivity contribution in [2.45, 2.75) is 83.7 Å². The number of carbonyl (C=O) groups is 3. The van der Waals surface area contributed by atoms with E-state index in [1.807, 2.05) is 6.92 Å². The number of hydrogen-bond donors (Lipinski definition) is 2. The maximum atomic E-state index is 11.7. The van der Waals surface area contributed by atoms with E-state index in [2.05, 4.69) is 6.92 Å². The third-order valence-corrected chi connectivity index (χ3v) is 3.79. The minimum absolute atomic E-state index is 0.160. The van der Waals surface area contributed by atoms with Gasteiger partial charge in [0.25, 0.3) is 0 Å². The van der Waals surface area contributed by atoms with Crippen molar-refractivity contribution in [2.75, 3.05) is 13.2 Å². The topological polar surface area (TPSA) is 110 Å². The molecule has 0 saturated carbocycles. The number of carboxylic acid groups (broad SMARTS) is 1. The Kier molecular flexibility index (Phi) is 12.7. The van der Waals surface area contributed by atoms with Crippen LogP contribution < -0.4 is 0 Å². The lowest BCUT2D eigenvalue weighted by Gasteiger charge is -2.21. The highest BCUT2D eigenvalue weighted by Crippen LogP contribution is 2.18. The van der Waals surface area contributed by atoms with E-state index in [1.54, 1.807) is 0 Å². The van der Waals surface area contributed by atoms with Gasteiger partial charge in [-0.1, -0.05) is 52.4 Å². The zero-order valence-corrected chi connectivity index (χ0v) is 15.4. The van der Waals surface area contributed by atoms with Gasteiger partial charge in [-0.05, 0) is 12.8 Å². The van der Waals surface area contributed by atoms with Crippen LogP contribution in [0.3, 0.4) is 0 Å². The Labute approximate surface area is 149 Å². The molecule has 0 aromatic heterocycles. The van der Waals surface area contributed by atoms with E-state index >= 15 is 0 Å². The van der Waals surface area contributed by atoms with E-state index in [4.69, 9.17) is 14.6 Å². The van der Waals surface area contributed by atoms with E-state index in [0.717, 1.165) is 32.1 Å². The van der Waals surface area contributed by atoms with E-state index in [1.165, 1.54) is 6.42 Å². The monoisotopic (exact) mass is 360 g/mol. The maximum absolute atomic E-state index is 11.7. The van der Waals surface area contributed by atoms with E-state index in [-0.39, 0.29) is 13.2 Å². The molecule has 0 fully saturated rings. The summed E-state index contributed by atoms with van der Waals surface area (Å²) < 4.78 is 9.80. The number of esters is 2. The average Bonchev–Trinajstić information content (AvgIpc) is 2.54. The van der Waals surface area contributed by atoms with Crippen molar-refractivity contribution in [3.05, 3.63) is 0 Å². The summed E-state index contributed by atoms with van der Waals surface area (Å²) in [6.07, 6.45) is 6.08. The second-order valence-corrected chi connectivity index (χ2v) is 6.25. The molecule has 0 aliphatic carbocycles. The van der Waals surface area contributed by atoms with Crippen LogP contribution in [-0.4, -0.2) is 46.9 Å². The van der Waals surface area contributed by atoms with Gasteiger partial charge in [-0.15, -0.1) is 0 Å². The van der Waals surface area contributed by atoms with Crippen LogP contribution in [0.5, 0.6) is 0 Å². The quantitative estimate of drug-likeness (QED) is 0.341. The Balaban J connectivity index is 4.19. The van der Waals surface area contributed by atoms with Crippen LogP contribution in [0, 0.1) is 0 Å². The van der Waals surface area contributed by atoms with Crippen LogP contribution in [0.15, 0.2) is 0 Å². The molecule has 0 saturated heterocycles. The first-order chi connectivity index (χ1) is 11.9. The van der Waals surface area contributed by atoms with Crippen molar-refractivity contribution >= 4 is 17.9 Å². The van der Waals surface area contributed by atoms with Crippen molar-refractivity contribution in [2.24, 2.45) is 0 Å². The van der Waals surface area contributed by atoms with Crippen molar-refractivity contribution in [1.29, 1.82) is 0 Å². The maximum Gasteiger partial charge on any atom is 0.336 e. The zero-order chi connectivity index (χ0) is 19.1. The molecular weight excluding hydrogens is 328 g/mol. The highest BCUT2D eigenvalue weighted by Gasteiger charge is 2.41. The molecule has 25 heavy (non-hydrogen) atoms. The van der Waals surface area contributed by atoms with Gasteiger partial charge >= 0.3 is 17.9 Å². The van der Waals surface area contributed by atoms with Gasteiger partial charge in [0, 0.05) is 0 Å². The number of rotatable bonds is 15. The molecule has 146 valence electrons. The Morgan fingerprint density at radius 1 is 0.760 bits per heavy atom. The summed E-state index contributed by atoms with van der Waals surface area (Å²) in [5.74, 6) is -3.32. The minimum Gasteiger partial charge on any atom is -0.479 e. The summed E-state index contributed by atoms with van der Waals surface area (Å²) in [4.78, 5) is 34.6. The van der Waals surface area contributed by atoms with Crippen LogP contribution in [0.25, 0.3) is 0 Å². The van der Waals surface area contributed by atoms with Gasteiger partial charge in [0.2, 0.25) is 0 Å². The predicted octanol–water partition coefficient (Wildman–Crippen LogP) is 2.83. The average molecular weight is 360 g/mol. The van der Waals surface area contributed by atoms with Crippen LogP contribution >= 0.6 is 0 Å². The fraction of sp³-hybridized carbons (Fsp3) is 0.833. The molecule has 7 nitrogen and oxygen atoms in total. The number of ether oxygens (including phenoxy) is 2. The molecule has 7 heteroatoms. The van der Waals surface area contributed by atoms with E-state index in [0.29, 0.717) is 12.8 Å². The molecule has 0 heterocycles. The van der Waals surface area contributed by atoms with Gasteiger partial charge in [0.1, 0.15) is 0 Å². The first-order valence-electron chi connectivity index (χ1n) is 9.12. The molecule has 0 aromatic carbocycles. The number of unbranched alkanes of at least 4 members (excludes halogenated alkanes) is 6. The van der Waals surface area contributed by atoms with Crippen LogP contribution in [0.2, 0.25) is 0 Å². The molecule has 2 N–H and O–H groups in total. The lowest BCUT2D eigenvalue weighted by molar-refractivity contribution is -0.173. The van der Waals surface area contributed by atoms with Gasteiger partial charge in [-0.25, -0.2) is 4.79 Å². The molecule has 0 bridgehead atoms. The molecule has 0 amide bonds. The number of carbonyl (C=O) groups excluding carboxylic acids is 2. The summed E-state index contributed by atoms with van der Waals surface area (Å²) in [6.45, 7) is 4.39. The highest BCUT2D eigenvalue weighted by molar-refractivity contribution is 5.88. The molecule has 1 atom stereocenters. The lowest BCUT2D eigenvalue weighted by atomic mass is 9.96. The van der Waals surface area contributed by atoms with Crippen molar-refractivity contribution < 1.29 is 34.1 Å². The molecule has 0 rings (SSSR count). The normalized spacial score (nSPS) is 13.1. The summed E-state index contributed by atoms with van der Waals surface area (Å²) in [5, 5.41) is 19.2. The number of aliphatic carboxylic acids is 1. The Morgan fingerprint density at radius 2 is 1.20 bits per heavy atom. The molecule has 1 unspecified atom stereocenters. The number of carboxylic acids is 1. The number of hydrogen-bond acceptors (Lipinski definition) is 6. The lowest BCUT2D eigenvalue weighted by Crippen LogP contribution is -2.43. The fourth-order valence-corrected chi connectivity index (χ4v) is 2.19. The SMILES string of the molecule is CCCCCCCCOC(=O)CC(O)(CC(=O)OCCCC)C(=O)O. The molecule has 0 spiro atoms. The van der Waals surface area contributed by atoms with Crippen molar-refractivity contribution in [3.8, 4) is 0 Å². The first-order valence-corrected chi connectivity index (χ1v) is 9.12. The number of aliphatic hydroxyl groups is 1. The third-order valence-electron chi connectivity index (χ3n) is 3.79. The molecular formula is C18H32O7. The standard InChI is InChI=1S/C18H32O7/c1-3-5-7-8-9-10-12-25-16(20)14-18(23,17(21)22)13-15(19)24-11-6-4-2/h23H,3-14H2,1-2H3,(H,21,22). The van der Waals surface area contributed by atoms with Crippen molar-refractivity contribution in [1.82, 2.24) is 0 Å². The summed E-state index contributed by atoms with van der Waals surface area (Å²) >= 11 is 0. The first kappa shape index (κ1) is 23.4. The minimum atomic E-state index is -2.50. The van der Waals surface area contributed by atoms with E-state index < -0.39 is 36.4 Å². The van der Waals surface area contributed by atoms with Crippen molar-refractivity contribution in [3.63, 3.8) is 0 Å². The summed E-state index contributed by atoms with van der Waals surface area (Å²) in [7, 11) is 0. The summed E-state index contributed by atoms with van der Waals surface area (Å²) in [5.41, 5.74) is -2.50.